The fourth-order valence-electron chi connectivity index (χ4n) is 4.48. The first kappa shape index (κ1) is 20.8. The van der Waals surface area contributed by atoms with E-state index in [2.05, 4.69) is 19.4 Å². The minimum Gasteiger partial charge on any atom is -0.496 e. The average Bonchev–Trinajstić information content (AvgIpc) is 3.49. The van der Waals surface area contributed by atoms with Gasteiger partial charge in [-0.25, -0.2) is 4.98 Å². The molecule has 2 aromatic heterocycles. The van der Waals surface area contributed by atoms with Crippen molar-refractivity contribution in [1.29, 1.82) is 0 Å². The Balaban J connectivity index is 1.60. The average molecular weight is 441 g/mol. The van der Waals surface area contributed by atoms with Crippen LogP contribution in [-0.2, 0) is 22.7 Å². The largest absolute Gasteiger partial charge is 0.496 e. The van der Waals surface area contributed by atoms with Crippen molar-refractivity contribution in [2.75, 3.05) is 7.11 Å². The van der Waals surface area contributed by atoms with Crippen molar-refractivity contribution in [2.24, 2.45) is 0 Å². The molecule has 1 aliphatic rings. The second-order valence-corrected chi connectivity index (χ2v) is 8.07. The molecule has 2 amide bonds. The molecule has 33 heavy (non-hydrogen) atoms. The van der Waals surface area contributed by atoms with E-state index in [1.165, 1.54) is 0 Å². The number of benzene rings is 2. The molecule has 0 atom stereocenters. The molecule has 0 spiro atoms. The van der Waals surface area contributed by atoms with Crippen molar-refractivity contribution in [2.45, 2.75) is 26.4 Å². The lowest BCUT2D eigenvalue weighted by Crippen LogP contribution is -2.22. The first-order valence-corrected chi connectivity index (χ1v) is 10.9. The summed E-state index contributed by atoms with van der Waals surface area (Å²) in [4.78, 5) is 30.0. The molecule has 0 fully saturated rings. The van der Waals surface area contributed by atoms with Crippen LogP contribution >= 0.6 is 0 Å². The van der Waals surface area contributed by atoms with Crippen molar-refractivity contribution in [3.05, 3.63) is 84.1 Å². The fraction of sp³-hybridized carbons (Fsp3) is 0.192. The Kier molecular flexibility index (Phi) is 5.30. The van der Waals surface area contributed by atoms with Crippen LogP contribution in [0.3, 0.4) is 0 Å². The topological polar surface area (TPSA) is 78.2 Å². The van der Waals surface area contributed by atoms with Gasteiger partial charge >= 0.3 is 0 Å². The second kappa shape index (κ2) is 8.43. The van der Waals surface area contributed by atoms with E-state index in [-0.39, 0.29) is 0 Å². The minimum absolute atomic E-state index is 0.342. The Hall–Kier alpha value is -4.13. The first-order chi connectivity index (χ1) is 16.1. The second-order valence-electron chi connectivity index (χ2n) is 8.07. The summed E-state index contributed by atoms with van der Waals surface area (Å²) >= 11 is 0. The van der Waals surface area contributed by atoms with Crippen LogP contribution in [0.1, 0.15) is 23.2 Å². The lowest BCUT2D eigenvalue weighted by atomic mass is 9.95. The molecule has 1 N–H and O–H groups in total. The van der Waals surface area contributed by atoms with Crippen LogP contribution in [0.4, 0.5) is 0 Å². The zero-order chi connectivity index (χ0) is 22.9. The monoisotopic (exact) mass is 440 g/mol. The summed E-state index contributed by atoms with van der Waals surface area (Å²) in [6, 6.07) is 15.2. The van der Waals surface area contributed by atoms with E-state index < -0.39 is 11.8 Å². The molecule has 0 aliphatic carbocycles. The Morgan fingerprint density at radius 3 is 2.36 bits per heavy atom. The highest BCUT2D eigenvalue weighted by Gasteiger charge is 2.35. The van der Waals surface area contributed by atoms with Crippen LogP contribution < -0.4 is 10.1 Å². The van der Waals surface area contributed by atoms with Crippen molar-refractivity contribution >= 4 is 33.9 Å². The predicted octanol–water partition coefficient (Wildman–Crippen LogP) is 3.81. The van der Waals surface area contributed by atoms with Crippen molar-refractivity contribution in [3.63, 3.8) is 0 Å². The summed E-state index contributed by atoms with van der Waals surface area (Å²) < 4.78 is 9.75. The highest BCUT2D eigenvalue weighted by molar-refractivity contribution is 6.50. The molecule has 0 saturated heterocycles. The highest BCUT2D eigenvalue weighted by atomic mass is 16.5. The van der Waals surface area contributed by atoms with E-state index in [1.54, 1.807) is 19.2 Å². The summed E-state index contributed by atoms with van der Waals surface area (Å²) in [5.41, 5.74) is 4.22. The molecule has 0 saturated carbocycles. The summed E-state index contributed by atoms with van der Waals surface area (Å²) in [5, 5.41) is 3.41. The molecule has 0 bridgehead atoms. The quantitative estimate of drug-likeness (QED) is 0.443. The number of nitrogens with zero attached hydrogens (tertiary/aromatic N) is 3. The number of nitrogens with one attached hydrogen (secondary N) is 1. The van der Waals surface area contributed by atoms with Crippen molar-refractivity contribution in [3.8, 4) is 5.75 Å². The zero-order valence-corrected chi connectivity index (χ0v) is 18.5. The van der Waals surface area contributed by atoms with E-state index in [1.807, 2.05) is 62.0 Å². The number of carbonyl (C=O) groups excluding carboxylic acids is 2. The van der Waals surface area contributed by atoms with E-state index in [4.69, 9.17) is 4.74 Å². The van der Waals surface area contributed by atoms with Gasteiger partial charge < -0.3 is 13.9 Å². The van der Waals surface area contributed by atoms with Gasteiger partial charge in [0.1, 0.15) is 5.75 Å². The molecule has 1 aliphatic heterocycles. The number of amides is 2. The Labute approximate surface area is 191 Å². The van der Waals surface area contributed by atoms with Crippen LogP contribution in [0, 0.1) is 6.92 Å². The van der Waals surface area contributed by atoms with Gasteiger partial charge in [0.2, 0.25) is 0 Å². The van der Waals surface area contributed by atoms with Gasteiger partial charge in [0.15, 0.2) is 0 Å². The molecule has 0 radical (unpaired) electrons. The number of methoxy groups -OCH3 is 1. The Morgan fingerprint density at radius 1 is 0.909 bits per heavy atom. The summed E-state index contributed by atoms with van der Waals surface area (Å²) in [6.07, 6.45) is 6.57. The van der Waals surface area contributed by atoms with E-state index in [0.29, 0.717) is 22.5 Å². The van der Waals surface area contributed by atoms with E-state index in [0.717, 1.165) is 41.7 Å². The molecule has 166 valence electrons. The molecular formula is C26H24N4O3. The molecule has 7 nitrogen and oxygen atoms in total. The molecular weight excluding hydrogens is 416 g/mol. The number of fused-ring (bicyclic) bond motifs is 1. The van der Waals surface area contributed by atoms with Gasteiger partial charge in [-0.1, -0.05) is 36.4 Å². The van der Waals surface area contributed by atoms with Gasteiger partial charge in [-0.15, -0.1) is 0 Å². The Bertz CT molecular complexity index is 1410. The van der Waals surface area contributed by atoms with Crippen LogP contribution in [0.25, 0.3) is 22.0 Å². The van der Waals surface area contributed by atoms with E-state index in [9.17, 15) is 9.59 Å². The molecule has 4 aromatic rings. The van der Waals surface area contributed by atoms with Crippen molar-refractivity contribution in [1.82, 2.24) is 19.4 Å². The molecule has 3 heterocycles. The highest BCUT2D eigenvalue weighted by Crippen LogP contribution is 2.38. The van der Waals surface area contributed by atoms with Gasteiger partial charge in [0.05, 0.1) is 24.6 Å². The number of aromatic nitrogens is 3. The van der Waals surface area contributed by atoms with Gasteiger partial charge in [-0.05, 0) is 25.5 Å². The molecule has 7 heteroatoms. The van der Waals surface area contributed by atoms with Gasteiger partial charge in [-0.2, -0.15) is 0 Å². The third-order valence-electron chi connectivity index (χ3n) is 6.08. The number of ether oxygens (including phenoxy) is 1. The number of hydrogen-bond donors (Lipinski definition) is 1. The summed E-state index contributed by atoms with van der Waals surface area (Å²) in [6.45, 7) is 3.66. The van der Waals surface area contributed by atoms with Gasteiger partial charge in [-0.3, -0.25) is 14.9 Å². The third-order valence-corrected chi connectivity index (χ3v) is 6.08. The van der Waals surface area contributed by atoms with Crippen LogP contribution in [0.15, 0.2) is 67.3 Å². The smallest absolute Gasteiger partial charge is 0.259 e. The SMILES string of the molecule is COc1ccccc1C1=C(c2cn(CCCn3cncc3C)c3ccccc23)C(=O)NC1=O. The van der Waals surface area contributed by atoms with E-state index >= 15 is 0 Å². The Morgan fingerprint density at radius 2 is 1.61 bits per heavy atom. The summed E-state index contributed by atoms with van der Waals surface area (Å²) in [7, 11) is 1.56. The van der Waals surface area contributed by atoms with Crippen LogP contribution in [0.2, 0.25) is 0 Å². The number of rotatable bonds is 7. The van der Waals surface area contributed by atoms with Crippen LogP contribution in [0.5, 0.6) is 5.75 Å². The third kappa shape index (κ3) is 3.61. The van der Waals surface area contributed by atoms with Crippen molar-refractivity contribution < 1.29 is 14.3 Å². The van der Waals surface area contributed by atoms with Gasteiger partial charge in [0, 0.05) is 53.2 Å². The number of imide groups is 1. The first-order valence-electron chi connectivity index (χ1n) is 10.9. The summed E-state index contributed by atoms with van der Waals surface area (Å²) in [5.74, 6) is -0.251. The number of carbonyl (C=O) groups is 2. The fourth-order valence-corrected chi connectivity index (χ4v) is 4.48. The standard InChI is InChI=1S/C26H24N4O3/c1-17-14-27-16-30(17)13-7-12-29-15-20(18-8-3-5-10-21(18)29)24-23(25(31)28-26(24)32)19-9-4-6-11-22(19)33-2/h3-6,8-11,14-16H,7,12-13H2,1-2H3,(H,28,31,32). The number of aryl methyl sites for hydroxylation is 3. The predicted molar refractivity (Wildman–Crippen MR) is 126 cm³/mol. The van der Waals surface area contributed by atoms with Gasteiger partial charge in [0.25, 0.3) is 11.8 Å². The number of hydrogen-bond acceptors (Lipinski definition) is 4. The normalized spacial score (nSPS) is 13.8. The maximum absolute atomic E-state index is 13.0. The maximum Gasteiger partial charge on any atom is 0.259 e. The molecule has 5 rings (SSSR count). The lowest BCUT2D eigenvalue weighted by Gasteiger charge is -2.09. The lowest BCUT2D eigenvalue weighted by molar-refractivity contribution is -0.122. The molecule has 0 unspecified atom stereocenters. The number of imidazole rings is 1. The number of para-hydroxylation sites is 2. The molecule has 2 aromatic carbocycles. The minimum atomic E-state index is -0.410. The van der Waals surface area contributed by atoms with Crippen LogP contribution in [-0.4, -0.2) is 33.0 Å². The maximum atomic E-state index is 13.0. The zero-order valence-electron chi connectivity index (χ0n) is 18.5.